The van der Waals surface area contributed by atoms with Crippen LogP contribution in [0.3, 0.4) is 0 Å². The predicted molar refractivity (Wildman–Crippen MR) is 83.6 cm³/mol. The normalized spacial score (nSPS) is 11.0. The number of thioether (sulfide) groups is 1. The fraction of sp³-hybridized carbons (Fsp3) is 0.333. The van der Waals surface area contributed by atoms with Crippen molar-refractivity contribution < 1.29 is 4.42 Å². The lowest BCUT2D eigenvalue weighted by atomic mass is 10.1. The molecule has 0 fully saturated rings. The molecule has 3 aromatic rings. The van der Waals surface area contributed by atoms with Gasteiger partial charge >= 0.3 is 0 Å². The molecule has 6 nitrogen and oxygen atoms in total. The summed E-state index contributed by atoms with van der Waals surface area (Å²) in [7, 11) is 0. The van der Waals surface area contributed by atoms with Crippen molar-refractivity contribution in [1.82, 2.24) is 25.0 Å². The molecule has 0 aliphatic heterocycles. The second kappa shape index (κ2) is 7.22. The van der Waals surface area contributed by atoms with Crippen LogP contribution in [0.5, 0.6) is 0 Å². The maximum absolute atomic E-state index is 5.59. The van der Waals surface area contributed by atoms with Gasteiger partial charge in [0.05, 0.1) is 0 Å². The Morgan fingerprint density at radius 1 is 1.23 bits per heavy atom. The summed E-state index contributed by atoms with van der Waals surface area (Å²) in [6.07, 6.45) is 5.26. The molecule has 0 aliphatic carbocycles. The fourth-order valence-electron chi connectivity index (χ4n) is 2.13. The van der Waals surface area contributed by atoms with Crippen LogP contribution in [0.2, 0.25) is 0 Å². The van der Waals surface area contributed by atoms with Crippen LogP contribution in [0, 0.1) is 6.92 Å². The fourth-order valence-corrected chi connectivity index (χ4v) is 2.84. The Morgan fingerprint density at radius 2 is 2.14 bits per heavy atom. The third-order valence-corrected chi connectivity index (χ3v) is 4.19. The van der Waals surface area contributed by atoms with Gasteiger partial charge in [0.1, 0.15) is 19.2 Å². The highest BCUT2D eigenvalue weighted by Crippen LogP contribution is 2.19. The molecule has 2 heterocycles. The van der Waals surface area contributed by atoms with Gasteiger partial charge in [-0.05, 0) is 30.9 Å². The van der Waals surface area contributed by atoms with Crippen LogP contribution in [-0.4, -0.2) is 30.7 Å². The molecule has 0 radical (unpaired) electrons. The smallest absolute Gasteiger partial charge is 0.276 e. The Balaban J connectivity index is 1.44. The second-order valence-electron chi connectivity index (χ2n) is 4.93. The monoisotopic (exact) mass is 315 g/mol. The van der Waals surface area contributed by atoms with Crippen molar-refractivity contribution in [2.75, 3.05) is 5.75 Å². The highest BCUT2D eigenvalue weighted by molar-refractivity contribution is 7.99. The zero-order valence-corrected chi connectivity index (χ0v) is 13.2. The summed E-state index contributed by atoms with van der Waals surface area (Å²) in [4.78, 5) is 3.88. The van der Waals surface area contributed by atoms with E-state index in [1.165, 1.54) is 17.5 Å². The van der Waals surface area contributed by atoms with Crippen LogP contribution in [-0.2, 0) is 13.0 Å². The minimum absolute atomic E-state index is 0.455. The van der Waals surface area contributed by atoms with Gasteiger partial charge in [-0.15, -0.1) is 10.2 Å². The minimum atomic E-state index is 0.455. The molecule has 0 unspecified atom stereocenters. The summed E-state index contributed by atoms with van der Waals surface area (Å²) < 4.78 is 7.24. The molecule has 3 rings (SSSR count). The van der Waals surface area contributed by atoms with Gasteiger partial charge in [0.25, 0.3) is 5.22 Å². The molecule has 22 heavy (non-hydrogen) atoms. The van der Waals surface area contributed by atoms with Gasteiger partial charge in [-0.25, -0.2) is 9.67 Å². The third-order valence-electron chi connectivity index (χ3n) is 3.29. The highest BCUT2D eigenvalue weighted by atomic mass is 32.2. The summed E-state index contributed by atoms with van der Waals surface area (Å²) in [6, 6.07) is 8.49. The lowest BCUT2D eigenvalue weighted by Gasteiger charge is -2.03. The quantitative estimate of drug-likeness (QED) is 0.493. The summed E-state index contributed by atoms with van der Waals surface area (Å²) >= 11 is 1.59. The minimum Gasteiger partial charge on any atom is -0.414 e. The number of hydrogen-bond acceptors (Lipinski definition) is 6. The van der Waals surface area contributed by atoms with E-state index in [0.29, 0.717) is 17.7 Å². The number of nitrogens with zero attached hydrogens (tertiary/aromatic N) is 5. The molecule has 0 amide bonds. The number of rotatable bonds is 7. The largest absolute Gasteiger partial charge is 0.414 e. The van der Waals surface area contributed by atoms with Crippen molar-refractivity contribution in [3.8, 4) is 0 Å². The van der Waals surface area contributed by atoms with Gasteiger partial charge in [-0.3, -0.25) is 0 Å². The molecule has 0 aliphatic rings. The number of aromatic nitrogens is 5. The van der Waals surface area contributed by atoms with Gasteiger partial charge in [0.2, 0.25) is 5.89 Å². The zero-order valence-electron chi connectivity index (χ0n) is 12.3. The molecular formula is C15H17N5OS. The van der Waals surface area contributed by atoms with E-state index in [1.807, 2.05) is 0 Å². The average molecular weight is 315 g/mol. The SMILES string of the molecule is Cc1ccccc1CCCSc1nnc(Cn2cncn2)o1. The number of benzene rings is 1. The highest BCUT2D eigenvalue weighted by Gasteiger charge is 2.07. The van der Waals surface area contributed by atoms with E-state index in [0.717, 1.165) is 18.6 Å². The van der Waals surface area contributed by atoms with E-state index in [9.17, 15) is 0 Å². The van der Waals surface area contributed by atoms with Crippen molar-refractivity contribution in [1.29, 1.82) is 0 Å². The Labute approximate surface area is 133 Å². The van der Waals surface area contributed by atoms with E-state index >= 15 is 0 Å². The van der Waals surface area contributed by atoms with Crippen LogP contribution in [0.1, 0.15) is 23.4 Å². The Bertz CT molecular complexity index is 710. The maximum atomic E-state index is 5.59. The first-order valence-electron chi connectivity index (χ1n) is 7.13. The number of aryl methyl sites for hydroxylation is 2. The standard InChI is InChI=1S/C15H17N5OS/c1-12-5-2-3-6-13(12)7-4-8-22-15-19-18-14(21-15)9-20-11-16-10-17-20/h2-3,5-6,10-11H,4,7-9H2,1H3. The lowest BCUT2D eigenvalue weighted by molar-refractivity contribution is 0.397. The van der Waals surface area contributed by atoms with Gasteiger partial charge in [-0.1, -0.05) is 36.0 Å². The number of hydrogen-bond donors (Lipinski definition) is 0. The maximum Gasteiger partial charge on any atom is 0.276 e. The Kier molecular flexibility index (Phi) is 4.85. The molecule has 114 valence electrons. The van der Waals surface area contributed by atoms with E-state index in [1.54, 1.807) is 22.8 Å². The zero-order chi connectivity index (χ0) is 15.2. The molecule has 0 spiro atoms. The van der Waals surface area contributed by atoms with Crippen LogP contribution in [0.15, 0.2) is 46.6 Å². The van der Waals surface area contributed by atoms with Gasteiger partial charge in [-0.2, -0.15) is 5.10 Å². The van der Waals surface area contributed by atoms with Crippen LogP contribution < -0.4 is 0 Å². The molecular weight excluding hydrogens is 298 g/mol. The topological polar surface area (TPSA) is 69.6 Å². The van der Waals surface area contributed by atoms with Crippen LogP contribution in [0.4, 0.5) is 0 Å². The van der Waals surface area contributed by atoms with Crippen LogP contribution >= 0.6 is 11.8 Å². The summed E-state index contributed by atoms with van der Waals surface area (Å²) in [5.74, 6) is 1.51. The van der Waals surface area contributed by atoms with Crippen LogP contribution in [0.25, 0.3) is 0 Å². The van der Waals surface area contributed by atoms with Crippen molar-refractivity contribution >= 4 is 11.8 Å². The first kappa shape index (κ1) is 14.8. The molecule has 7 heteroatoms. The Morgan fingerprint density at radius 3 is 2.95 bits per heavy atom. The third kappa shape index (κ3) is 3.94. The summed E-state index contributed by atoms with van der Waals surface area (Å²) in [5.41, 5.74) is 2.75. The first-order valence-corrected chi connectivity index (χ1v) is 8.12. The molecule has 0 bridgehead atoms. The molecule has 0 saturated heterocycles. The lowest BCUT2D eigenvalue weighted by Crippen LogP contribution is -1.99. The second-order valence-corrected chi connectivity index (χ2v) is 5.98. The molecule has 0 N–H and O–H groups in total. The average Bonchev–Trinajstić information content (AvgIpc) is 3.18. The molecule has 0 atom stereocenters. The van der Waals surface area contributed by atoms with E-state index in [4.69, 9.17) is 4.42 Å². The van der Waals surface area contributed by atoms with Gasteiger partial charge in [0.15, 0.2) is 0 Å². The van der Waals surface area contributed by atoms with E-state index in [-0.39, 0.29) is 0 Å². The van der Waals surface area contributed by atoms with Crippen molar-refractivity contribution in [2.24, 2.45) is 0 Å². The summed E-state index contributed by atoms with van der Waals surface area (Å²) in [5, 5.41) is 12.7. The van der Waals surface area contributed by atoms with E-state index in [2.05, 4.69) is 51.5 Å². The molecule has 0 saturated carbocycles. The first-order chi connectivity index (χ1) is 10.8. The van der Waals surface area contributed by atoms with Gasteiger partial charge < -0.3 is 4.42 Å². The summed E-state index contributed by atoms with van der Waals surface area (Å²) in [6.45, 7) is 2.60. The van der Waals surface area contributed by atoms with Crippen molar-refractivity contribution in [3.63, 3.8) is 0 Å². The van der Waals surface area contributed by atoms with Crippen molar-refractivity contribution in [3.05, 3.63) is 53.9 Å². The molecule has 1 aromatic carbocycles. The van der Waals surface area contributed by atoms with Gasteiger partial charge in [0, 0.05) is 5.75 Å². The van der Waals surface area contributed by atoms with Crippen molar-refractivity contribution in [2.45, 2.75) is 31.5 Å². The Hall–Kier alpha value is -2.15. The predicted octanol–water partition coefficient (Wildman–Crippen LogP) is 2.74. The van der Waals surface area contributed by atoms with E-state index < -0.39 is 0 Å². The molecule has 2 aromatic heterocycles.